The molecule has 0 aromatic heterocycles. The number of aliphatic hydroxyl groups is 1. The summed E-state index contributed by atoms with van der Waals surface area (Å²) in [5.74, 6) is 5.57. The zero-order valence-electron chi connectivity index (χ0n) is 28.4. The molecule has 0 amide bonds. The number of ketones is 1. The predicted molar refractivity (Wildman–Crippen MR) is 210 cm³/mol. The number of thiol groups is 2. The van der Waals surface area contributed by atoms with Crippen molar-refractivity contribution in [1.82, 2.24) is 0 Å². The minimum Gasteiger partial charge on any atom is -0.430 e. The number of carbonyl (C=O) groups excluding carboxylic acids is 4. The minimum atomic E-state index is -1.34. The Balaban J connectivity index is 0.000000392. The second kappa shape index (κ2) is 27.6. The van der Waals surface area contributed by atoms with Crippen LogP contribution in [0.4, 0.5) is 14.4 Å². The van der Waals surface area contributed by atoms with Crippen LogP contribution in [0.15, 0.2) is 73.3 Å². The third-order valence-corrected chi connectivity index (χ3v) is 10.1. The van der Waals surface area contributed by atoms with E-state index in [0.717, 1.165) is 47.4 Å². The molecule has 3 heterocycles. The molecule has 0 radical (unpaired) electrons. The van der Waals surface area contributed by atoms with Crippen molar-refractivity contribution in [1.29, 1.82) is 0 Å². The van der Waals surface area contributed by atoms with E-state index in [1.54, 1.807) is 36.4 Å². The Morgan fingerprint density at radius 2 is 1.27 bits per heavy atom. The molecule has 2 aromatic carbocycles. The number of thioether (sulfide) groups is 2. The van der Waals surface area contributed by atoms with E-state index >= 15 is 0 Å². The smallest absolute Gasteiger partial charge is 0.430 e. The maximum Gasteiger partial charge on any atom is 0.509 e. The zero-order valence-corrected chi connectivity index (χ0v) is 31.8. The Morgan fingerprint density at radius 3 is 1.62 bits per heavy atom. The van der Waals surface area contributed by atoms with Gasteiger partial charge in [-0.05, 0) is 47.5 Å². The molecule has 3 fully saturated rings. The van der Waals surface area contributed by atoms with Gasteiger partial charge in [0.2, 0.25) is 5.78 Å². The number of hydrogen-bond donors (Lipinski definition) is 3. The van der Waals surface area contributed by atoms with E-state index in [4.69, 9.17) is 23.7 Å². The molecule has 5 rings (SSSR count). The predicted octanol–water partition coefficient (Wildman–Crippen LogP) is 6.90. The van der Waals surface area contributed by atoms with Gasteiger partial charge in [0, 0.05) is 24.2 Å². The fraction of sp³-hybridized carbons (Fsp3) is 0.500. The molecule has 16 heteroatoms. The van der Waals surface area contributed by atoms with Crippen molar-refractivity contribution in [3.8, 4) is 0 Å². The van der Waals surface area contributed by atoms with E-state index < -0.39 is 30.7 Å². The lowest BCUT2D eigenvalue weighted by Gasteiger charge is -2.29. The van der Waals surface area contributed by atoms with E-state index in [0.29, 0.717) is 30.9 Å². The van der Waals surface area contributed by atoms with Crippen LogP contribution in [-0.2, 0) is 38.8 Å². The van der Waals surface area contributed by atoms with Crippen LogP contribution in [0, 0.1) is 0 Å². The van der Waals surface area contributed by atoms with Crippen LogP contribution >= 0.6 is 48.8 Å². The number of aliphatic hydroxyl groups excluding tert-OH is 1. The van der Waals surface area contributed by atoms with E-state index in [9.17, 15) is 24.3 Å². The number of cyclic esters (lactones) is 6. The lowest BCUT2D eigenvalue weighted by Crippen LogP contribution is -2.41. The van der Waals surface area contributed by atoms with Gasteiger partial charge >= 0.3 is 18.5 Å². The van der Waals surface area contributed by atoms with Gasteiger partial charge in [-0.2, -0.15) is 48.8 Å². The third-order valence-electron chi connectivity index (χ3n) is 7.03. The van der Waals surface area contributed by atoms with Crippen LogP contribution < -0.4 is 0 Å². The maximum absolute atomic E-state index is 12.6. The summed E-state index contributed by atoms with van der Waals surface area (Å²) in [4.78, 5) is 44.2. The quantitative estimate of drug-likeness (QED) is 0.0403. The second-order valence-corrected chi connectivity index (χ2v) is 13.9. The molecule has 3 saturated heterocycles. The fourth-order valence-corrected chi connectivity index (χ4v) is 6.53. The number of Topliss-reactive ketones (excluding diaryl/α,β-unsaturated/α-hetero) is 1. The molecule has 1 N–H and O–H groups in total. The Bertz CT molecular complexity index is 1280. The van der Waals surface area contributed by atoms with Gasteiger partial charge in [0.15, 0.2) is 11.7 Å². The molecule has 3 aliphatic heterocycles. The number of rotatable bonds is 16. The molecule has 290 valence electrons. The van der Waals surface area contributed by atoms with Crippen molar-refractivity contribution >= 4 is 73.0 Å². The summed E-state index contributed by atoms with van der Waals surface area (Å²) in [5, 5.41) is 9.72. The summed E-state index contributed by atoms with van der Waals surface area (Å²) in [7, 11) is 1.43. The third kappa shape index (κ3) is 17.2. The normalized spacial score (nSPS) is 19.3. The molecule has 0 aliphatic carbocycles. The van der Waals surface area contributed by atoms with Gasteiger partial charge in [-0.3, -0.25) is 4.79 Å². The highest BCUT2D eigenvalue weighted by Gasteiger charge is 2.40. The van der Waals surface area contributed by atoms with Gasteiger partial charge in [0.25, 0.3) is 0 Å². The van der Waals surface area contributed by atoms with Gasteiger partial charge in [-0.25, -0.2) is 14.4 Å². The van der Waals surface area contributed by atoms with Crippen LogP contribution in [0.2, 0.25) is 0 Å². The number of methoxy groups -OCH3 is 1. The highest BCUT2D eigenvalue weighted by molar-refractivity contribution is 8.02. The first kappa shape index (κ1) is 47.0. The fourth-order valence-electron chi connectivity index (χ4n) is 4.32. The molecule has 4 unspecified atom stereocenters. The van der Waals surface area contributed by atoms with Gasteiger partial charge < -0.3 is 38.3 Å². The Kier molecular flexibility index (Phi) is 24.9. The van der Waals surface area contributed by atoms with E-state index in [1.165, 1.54) is 13.2 Å². The van der Waals surface area contributed by atoms with E-state index in [2.05, 4.69) is 41.3 Å². The molecule has 3 aliphatic rings. The monoisotopic (exact) mass is 802 g/mol. The Morgan fingerprint density at radius 1 is 0.808 bits per heavy atom. The molecular formula is C36H50O12S4. The van der Waals surface area contributed by atoms with Crippen LogP contribution in [0.1, 0.15) is 36.2 Å². The van der Waals surface area contributed by atoms with Crippen LogP contribution in [-0.4, -0.2) is 116 Å². The number of hydrogen-bond acceptors (Lipinski definition) is 16. The van der Waals surface area contributed by atoms with E-state index in [1.807, 2.05) is 47.8 Å². The molecule has 4 atom stereocenters. The van der Waals surface area contributed by atoms with Gasteiger partial charge in [0.05, 0.1) is 6.61 Å². The molecule has 0 bridgehead atoms. The van der Waals surface area contributed by atoms with Gasteiger partial charge in [-0.1, -0.05) is 74.7 Å². The van der Waals surface area contributed by atoms with Crippen LogP contribution in [0.3, 0.4) is 0 Å². The molecule has 0 spiro atoms. The van der Waals surface area contributed by atoms with Gasteiger partial charge in [0.1, 0.15) is 32.0 Å². The zero-order chi connectivity index (χ0) is 37.3. The second-order valence-electron chi connectivity index (χ2n) is 10.6. The summed E-state index contributed by atoms with van der Waals surface area (Å²) < 4.78 is 33.6. The number of benzene rings is 2. The van der Waals surface area contributed by atoms with Crippen molar-refractivity contribution in [2.75, 3.05) is 68.1 Å². The maximum atomic E-state index is 12.6. The van der Waals surface area contributed by atoms with Crippen LogP contribution in [0.25, 0.3) is 0 Å². The average Bonchev–Trinajstić information content (AvgIpc) is 3.92. The SMILES string of the molecule is C.C=CC1COC(=O)O1.COC(CO)(C(=O)c1ccccc1)c1ccccc1.O=C1OCC(CCSCCSCCC2COC(=O)O2)O1.SCCS. The highest BCUT2D eigenvalue weighted by atomic mass is 32.2. The molecule has 12 nitrogen and oxygen atoms in total. The van der Waals surface area contributed by atoms with Crippen molar-refractivity contribution < 1.29 is 57.4 Å². The van der Waals surface area contributed by atoms with Crippen molar-refractivity contribution in [2.45, 2.75) is 44.2 Å². The summed E-state index contributed by atoms with van der Waals surface area (Å²) in [6.07, 6.45) is 1.15. The highest BCUT2D eigenvalue weighted by Crippen LogP contribution is 2.29. The molecule has 52 heavy (non-hydrogen) atoms. The topological polar surface area (TPSA) is 153 Å². The first-order valence-corrected chi connectivity index (χ1v) is 19.6. The van der Waals surface area contributed by atoms with Crippen molar-refractivity contribution in [2.24, 2.45) is 0 Å². The van der Waals surface area contributed by atoms with Crippen molar-refractivity contribution in [3.05, 3.63) is 84.4 Å². The number of ether oxygens (including phenoxy) is 7. The van der Waals surface area contributed by atoms with Crippen molar-refractivity contribution in [3.63, 3.8) is 0 Å². The summed E-state index contributed by atoms with van der Waals surface area (Å²) >= 11 is 11.4. The standard InChI is InChI=1S/C16H16O3.C12H18O6S2.C5H6O3.C2H6S2.CH4/c1-19-16(12-17,14-10-6-3-7-11-14)15(18)13-8-4-2-5-9-13;13-11-15-7-9(17-11)1-3-19-5-6-20-4-2-10-8-16-12(14)18-10;1-2-4-3-7-5(6)8-4;3-1-2-4;/h2-11,17H,12H2,1H3;9-10H,1-8H2;2,4H,1,3H2;3-4H,1-2H2;1H4. The van der Waals surface area contributed by atoms with Gasteiger partial charge in [-0.15, -0.1) is 0 Å². The molecule has 2 aromatic rings. The lowest BCUT2D eigenvalue weighted by atomic mass is 9.86. The molecule has 0 saturated carbocycles. The summed E-state index contributed by atoms with van der Waals surface area (Å²) in [6, 6.07) is 17.9. The molecular weight excluding hydrogens is 753 g/mol. The Labute approximate surface area is 325 Å². The van der Waals surface area contributed by atoms with Crippen LogP contribution in [0.5, 0.6) is 0 Å². The average molecular weight is 803 g/mol. The Hall–Kier alpha value is -3.02. The first-order valence-electron chi connectivity index (χ1n) is 16.0. The largest absolute Gasteiger partial charge is 0.509 e. The summed E-state index contributed by atoms with van der Waals surface area (Å²) in [5.41, 5.74) is -0.182. The summed E-state index contributed by atoms with van der Waals surface area (Å²) in [6.45, 7) is 4.10. The number of carbonyl (C=O) groups is 4. The minimum absolute atomic E-state index is 0. The van der Waals surface area contributed by atoms with E-state index in [-0.39, 0.29) is 31.5 Å². The lowest BCUT2D eigenvalue weighted by molar-refractivity contribution is -0.0341. The first-order chi connectivity index (χ1) is 24.7.